The topological polar surface area (TPSA) is 27.3 Å². The third kappa shape index (κ3) is 5.02. The number of hydrogen-bond acceptors (Lipinski definition) is 2. The zero-order valence-corrected chi connectivity index (χ0v) is 19.3. The molecule has 0 spiro atoms. The quantitative estimate of drug-likeness (QED) is 0.279. The van der Waals surface area contributed by atoms with Gasteiger partial charge in [0.15, 0.2) is 23.9 Å². The van der Waals surface area contributed by atoms with Gasteiger partial charge in [-0.05, 0) is 29.3 Å². The van der Waals surface area contributed by atoms with Crippen LogP contribution >= 0.6 is 0 Å². The van der Waals surface area contributed by atoms with Gasteiger partial charge < -0.3 is 38.0 Å². The van der Waals surface area contributed by atoms with E-state index in [0.29, 0.717) is 6.61 Å². The molecular formula is C25H25IN2O2. The van der Waals surface area contributed by atoms with Crippen molar-refractivity contribution in [2.45, 2.75) is 6.54 Å². The number of nitrogens with zero attached hydrogens (tertiary/aromatic N) is 2. The Bertz CT molecular complexity index is 1130. The van der Waals surface area contributed by atoms with E-state index < -0.39 is 0 Å². The third-order valence-corrected chi connectivity index (χ3v) is 4.94. The van der Waals surface area contributed by atoms with Crippen molar-refractivity contribution in [3.8, 4) is 11.5 Å². The van der Waals surface area contributed by atoms with Crippen LogP contribution in [-0.4, -0.2) is 18.3 Å². The van der Waals surface area contributed by atoms with E-state index in [9.17, 15) is 0 Å². The average Bonchev–Trinajstić information content (AvgIpc) is 3.11. The van der Waals surface area contributed by atoms with Gasteiger partial charge in [0.1, 0.15) is 13.7 Å². The summed E-state index contributed by atoms with van der Waals surface area (Å²) in [5.74, 6) is 1.52. The SMILES string of the molecule is COc1ccccc1OCCn1cc(/C=C/c2cc[n+](C)cc2)c2ccccc21.[I-]. The zero-order valence-electron chi connectivity index (χ0n) is 17.2. The van der Waals surface area contributed by atoms with Crippen LogP contribution in [-0.2, 0) is 13.6 Å². The fourth-order valence-corrected chi connectivity index (χ4v) is 3.39. The van der Waals surface area contributed by atoms with Crippen molar-refractivity contribution in [2.24, 2.45) is 7.05 Å². The molecule has 0 unspecified atom stereocenters. The van der Waals surface area contributed by atoms with Crippen molar-refractivity contribution in [1.29, 1.82) is 0 Å². The van der Waals surface area contributed by atoms with Crippen molar-refractivity contribution >= 4 is 23.1 Å². The second kappa shape index (κ2) is 10.3. The maximum atomic E-state index is 5.96. The van der Waals surface area contributed by atoms with Crippen molar-refractivity contribution < 1.29 is 38.0 Å². The monoisotopic (exact) mass is 512 g/mol. The molecule has 0 amide bonds. The van der Waals surface area contributed by atoms with E-state index in [-0.39, 0.29) is 24.0 Å². The van der Waals surface area contributed by atoms with Crippen LogP contribution in [0.1, 0.15) is 11.1 Å². The highest BCUT2D eigenvalue weighted by atomic mass is 127. The molecule has 5 heteroatoms. The molecule has 0 saturated heterocycles. The first-order valence-electron chi connectivity index (χ1n) is 9.71. The standard InChI is InChI=1S/C25H25N2O2.HI/c1-26-15-13-20(14-16-26)11-12-21-19-27(23-8-4-3-7-22(21)23)17-18-29-25-10-6-5-9-24(25)28-2;/h3-16,19H,17-18H2,1-2H3;1H/q+1;/p-1. The molecule has 30 heavy (non-hydrogen) atoms. The van der Waals surface area contributed by atoms with Crippen LogP contribution in [0.15, 0.2) is 79.3 Å². The number of rotatable bonds is 7. The molecule has 2 aromatic carbocycles. The molecule has 0 fully saturated rings. The number of hydrogen-bond donors (Lipinski definition) is 0. The summed E-state index contributed by atoms with van der Waals surface area (Å²) in [4.78, 5) is 0. The van der Waals surface area contributed by atoms with Crippen LogP contribution in [0.4, 0.5) is 0 Å². The highest BCUT2D eigenvalue weighted by Gasteiger charge is 2.07. The first-order valence-corrected chi connectivity index (χ1v) is 9.71. The number of benzene rings is 2. The van der Waals surface area contributed by atoms with Crippen LogP contribution in [0.2, 0.25) is 0 Å². The second-order valence-electron chi connectivity index (χ2n) is 6.92. The lowest BCUT2D eigenvalue weighted by atomic mass is 10.1. The highest BCUT2D eigenvalue weighted by molar-refractivity contribution is 5.92. The van der Waals surface area contributed by atoms with E-state index in [2.05, 4.69) is 71.7 Å². The van der Waals surface area contributed by atoms with Gasteiger partial charge in [-0.1, -0.05) is 42.5 Å². The van der Waals surface area contributed by atoms with Crippen LogP contribution in [0.5, 0.6) is 11.5 Å². The molecule has 0 saturated carbocycles. The number of para-hydroxylation sites is 3. The van der Waals surface area contributed by atoms with E-state index in [1.54, 1.807) is 7.11 Å². The minimum Gasteiger partial charge on any atom is -1.00 e. The van der Waals surface area contributed by atoms with Gasteiger partial charge in [0.25, 0.3) is 0 Å². The molecule has 0 aliphatic carbocycles. The first kappa shape index (κ1) is 21.9. The van der Waals surface area contributed by atoms with E-state index in [0.717, 1.165) is 18.0 Å². The summed E-state index contributed by atoms with van der Waals surface area (Å²) < 4.78 is 15.6. The van der Waals surface area contributed by atoms with Gasteiger partial charge in [0.05, 0.1) is 13.7 Å². The molecule has 2 heterocycles. The smallest absolute Gasteiger partial charge is 0.169 e. The van der Waals surface area contributed by atoms with Gasteiger partial charge in [-0.15, -0.1) is 0 Å². The zero-order chi connectivity index (χ0) is 20.1. The molecule has 4 rings (SSSR count). The summed E-state index contributed by atoms with van der Waals surface area (Å²) in [5, 5.41) is 1.24. The molecule has 0 bridgehead atoms. The van der Waals surface area contributed by atoms with Crippen LogP contribution in [0, 0.1) is 0 Å². The maximum Gasteiger partial charge on any atom is 0.169 e. The predicted molar refractivity (Wildman–Crippen MR) is 117 cm³/mol. The number of aromatic nitrogens is 2. The summed E-state index contributed by atoms with van der Waals surface area (Å²) in [6.07, 6.45) is 10.6. The Labute approximate surface area is 194 Å². The number of ether oxygens (including phenoxy) is 2. The van der Waals surface area contributed by atoms with Crippen LogP contribution in [0.3, 0.4) is 0 Å². The van der Waals surface area contributed by atoms with Gasteiger partial charge in [0.2, 0.25) is 0 Å². The first-order chi connectivity index (χ1) is 14.2. The normalized spacial score (nSPS) is 10.9. The minimum absolute atomic E-state index is 0. The Balaban J connectivity index is 0.00000256. The minimum atomic E-state index is 0. The molecule has 154 valence electrons. The molecule has 4 aromatic rings. The number of methoxy groups -OCH3 is 1. The Kier molecular flexibility index (Phi) is 7.52. The van der Waals surface area contributed by atoms with E-state index >= 15 is 0 Å². The number of fused-ring (bicyclic) bond motifs is 1. The molecule has 0 aliphatic rings. The van der Waals surface area contributed by atoms with Gasteiger partial charge in [-0.3, -0.25) is 0 Å². The van der Waals surface area contributed by atoms with Crippen LogP contribution < -0.4 is 38.0 Å². The fourth-order valence-electron chi connectivity index (χ4n) is 3.39. The third-order valence-electron chi connectivity index (χ3n) is 4.94. The van der Waals surface area contributed by atoms with Crippen molar-refractivity contribution in [2.75, 3.05) is 13.7 Å². The Morgan fingerprint density at radius 2 is 1.60 bits per heavy atom. The molecule has 0 N–H and O–H groups in total. The van der Waals surface area contributed by atoms with Crippen molar-refractivity contribution in [1.82, 2.24) is 4.57 Å². The van der Waals surface area contributed by atoms with Gasteiger partial charge in [0, 0.05) is 29.2 Å². The van der Waals surface area contributed by atoms with E-state index in [1.807, 2.05) is 35.9 Å². The largest absolute Gasteiger partial charge is 1.00 e. The van der Waals surface area contributed by atoms with Gasteiger partial charge in [-0.25, -0.2) is 4.57 Å². The highest BCUT2D eigenvalue weighted by Crippen LogP contribution is 2.26. The molecular weight excluding hydrogens is 487 g/mol. The predicted octanol–water partition coefficient (Wildman–Crippen LogP) is 1.73. The van der Waals surface area contributed by atoms with Crippen molar-refractivity contribution in [3.63, 3.8) is 0 Å². The summed E-state index contributed by atoms with van der Waals surface area (Å²) >= 11 is 0. The summed E-state index contributed by atoms with van der Waals surface area (Å²) in [6.45, 7) is 1.32. The lowest BCUT2D eigenvalue weighted by Crippen LogP contribution is -3.00. The fraction of sp³-hybridized carbons (Fsp3) is 0.160. The second-order valence-corrected chi connectivity index (χ2v) is 6.92. The molecule has 2 aromatic heterocycles. The van der Waals surface area contributed by atoms with Gasteiger partial charge >= 0.3 is 0 Å². The summed E-state index contributed by atoms with van der Waals surface area (Å²) in [5.41, 5.74) is 3.58. The molecule has 4 nitrogen and oxygen atoms in total. The summed E-state index contributed by atoms with van der Waals surface area (Å²) in [6, 6.07) is 20.4. The molecule has 0 aliphatic heterocycles. The Morgan fingerprint density at radius 3 is 2.37 bits per heavy atom. The van der Waals surface area contributed by atoms with Gasteiger partial charge in [-0.2, -0.15) is 0 Å². The average molecular weight is 512 g/mol. The lowest BCUT2D eigenvalue weighted by Gasteiger charge is -2.11. The number of aryl methyl sites for hydroxylation is 1. The summed E-state index contributed by atoms with van der Waals surface area (Å²) in [7, 11) is 3.68. The van der Waals surface area contributed by atoms with E-state index in [4.69, 9.17) is 9.47 Å². The Morgan fingerprint density at radius 1 is 0.900 bits per heavy atom. The number of halogens is 1. The molecule has 0 radical (unpaired) electrons. The van der Waals surface area contributed by atoms with Crippen LogP contribution in [0.25, 0.3) is 23.1 Å². The van der Waals surface area contributed by atoms with E-state index in [1.165, 1.54) is 22.0 Å². The maximum absolute atomic E-state index is 5.96. The number of pyridine rings is 1. The van der Waals surface area contributed by atoms with Crippen molar-refractivity contribution in [3.05, 3.63) is 90.4 Å². The Hall–Kier alpha value is -2.80. The molecule has 0 atom stereocenters. The lowest BCUT2D eigenvalue weighted by molar-refractivity contribution is -0.671.